The molecule has 0 saturated heterocycles. The highest BCUT2D eigenvalue weighted by Crippen LogP contribution is 2.16. The summed E-state index contributed by atoms with van der Waals surface area (Å²) in [4.78, 5) is 9.73. The van der Waals surface area contributed by atoms with Crippen molar-refractivity contribution in [2.75, 3.05) is 13.2 Å². The van der Waals surface area contributed by atoms with E-state index in [0.717, 1.165) is 17.1 Å². The fourth-order valence-electron chi connectivity index (χ4n) is 2.26. The molecule has 0 bridgehead atoms. The van der Waals surface area contributed by atoms with Crippen LogP contribution in [-0.2, 0) is 6.54 Å². The molecule has 21 heavy (non-hydrogen) atoms. The van der Waals surface area contributed by atoms with E-state index in [0.29, 0.717) is 13.1 Å². The largest absolute Gasteiger partial charge is 0.395 e. The Hall–Kier alpha value is -1.69. The lowest BCUT2D eigenvalue weighted by Gasteiger charge is -2.28. The Morgan fingerprint density at radius 1 is 1.24 bits per heavy atom. The molecule has 0 amide bonds. The van der Waals surface area contributed by atoms with Crippen LogP contribution in [0.15, 0.2) is 36.5 Å². The second kappa shape index (κ2) is 7.36. The van der Waals surface area contributed by atoms with Crippen molar-refractivity contribution in [3.05, 3.63) is 42.2 Å². The molecule has 5 heteroatoms. The van der Waals surface area contributed by atoms with E-state index in [4.69, 9.17) is 0 Å². The third kappa shape index (κ3) is 4.39. The van der Waals surface area contributed by atoms with Crippen molar-refractivity contribution in [3.63, 3.8) is 0 Å². The third-order valence-corrected chi connectivity index (χ3v) is 3.44. The van der Waals surface area contributed by atoms with E-state index in [1.54, 1.807) is 6.92 Å². The van der Waals surface area contributed by atoms with Gasteiger partial charge in [-0.25, -0.2) is 4.98 Å². The number of nitrogens with one attached hydrogen (secondary N) is 1. The zero-order valence-corrected chi connectivity index (χ0v) is 12.5. The van der Waals surface area contributed by atoms with Gasteiger partial charge in [-0.05, 0) is 13.8 Å². The minimum atomic E-state index is -0.435. The van der Waals surface area contributed by atoms with E-state index in [1.165, 1.54) is 0 Å². The lowest BCUT2D eigenvalue weighted by atomic mass is 10.2. The highest BCUT2D eigenvalue weighted by Gasteiger charge is 2.16. The van der Waals surface area contributed by atoms with Crippen molar-refractivity contribution >= 4 is 0 Å². The summed E-state index contributed by atoms with van der Waals surface area (Å²) in [5.41, 5.74) is 2.01. The number of hydrogen-bond acceptors (Lipinski definition) is 4. The maximum absolute atomic E-state index is 9.58. The first kappa shape index (κ1) is 15.7. The van der Waals surface area contributed by atoms with Crippen LogP contribution in [-0.4, -0.2) is 50.4 Å². The number of rotatable bonds is 7. The summed E-state index contributed by atoms with van der Waals surface area (Å²) >= 11 is 0. The van der Waals surface area contributed by atoms with Crippen molar-refractivity contribution in [1.82, 2.24) is 14.9 Å². The highest BCUT2D eigenvalue weighted by molar-refractivity contribution is 5.54. The van der Waals surface area contributed by atoms with Crippen LogP contribution in [0, 0.1) is 0 Å². The Balaban J connectivity index is 2.09. The number of aromatic amines is 1. The highest BCUT2D eigenvalue weighted by atomic mass is 16.3. The van der Waals surface area contributed by atoms with Crippen LogP contribution in [0.5, 0.6) is 0 Å². The molecular formula is C16H23N3O2. The monoisotopic (exact) mass is 289 g/mol. The van der Waals surface area contributed by atoms with Gasteiger partial charge in [-0.2, -0.15) is 0 Å². The van der Waals surface area contributed by atoms with Crippen LogP contribution in [0.1, 0.15) is 19.5 Å². The zero-order valence-electron chi connectivity index (χ0n) is 12.5. The molecule has 1 aromatic carbocycles. The van der Waals surface area contributed by atoms with Gasteiger partial charge in [-0.3, -0.25) is 4.90 Å². The van der Waals surface area contributed by atoms with Crippen LogP contribution in [0.3, 0.4) is 0 Å². The molecule has 0 fully saturated rings. The molecule has 0 spiro atoms. The van der Waals surface area contributed by atoms with Crippen LogP contribution in [0.4, 0.5) is 0 Å². The molecule has 2 rings (SSSR count). The fraction of sp³-hybridized carbons (Fsp3) is 0.438. The first-order chi connectivity index (χ1) is 10.1. The van der Waals surface area contributed by atoms with Gasteiger partial charge >= 0.3 is 0 Å². The Morgan fingerprint density at radius 2 is 1.95 bits per heavy atom. The molecule has 1 aromatic heterocycles. The summed E-state index contributed by atoms with van der Waals surface area (Å²) in [6, 6.07) is 9.93. The van der Waals surface area contributed by atoms with Gasteiger partial charge in [0.05, 0.1) is 12.7 Å². The van der Waals surface area contributed by atoms with Crippen molar-refractivity contribution in [2.45, 2.75) is 32.5 Å². The molecule has 5 nitrogen and oxygen atoms in total. The summed E-state index contributed by atoms with van der Waals surface area (Å²) < 4.78 is 0. The summed E-state index contributed by atoms with van der Waals surface area (Å²) in [6.07, 6.45) is 1.37. The van der Waals surface area contributed by atoms with E-state index >= 15 is 0 Å². The Labute approximate surface area is 125 Å². The topological polar surface area (TPSA) is 72.4 Å². The van der Waals surface area contributed by atoms with Gasteiger partial charge < -0.3 is 15.2 Å². The normalized spacial score (nSPS) is 14.3. The van der Waals surface area contributed by atoms with Gasteiger partial charge in [0, 0.05) is 36.6 Å². The first-order valence-electron chi connectivity index (χ1n) is 7.22. The Morgan fingerprint density at radius 3 is 2.57 bits per heavy atom. The molecule has 0 aliphatic rings. The number of nitrogens with zero attached hydrogens (tertiary/aromatic N) is 2. The van der Waals surface area contributed by atoms with Crippen molar-refractivity contribution in [1.29, 1.82) is 0 Å². The molecule has 0 radical (unpaired) electrons. The summed E-state index contributed by atoms with van der Waals surface area (Å²) in [6.45, 7) is 4.89. The molecule has 0 saturated carbocycles. The number of aliphatic hydroxyl groups is 2. The predicted molar refractivity (Wildman–Crippen MR) is 82.7 cm³/mol. The van der Waals surface area contributed by atoms with Crippen LogP contribution < -0.4 is 0 Å². The van der Waals surface area contributed by atoms with Gasteiger partial charge in [-0.1, -0.05) is 30.3 Å². The van der Waals surface area contributed by atoms with Gasteiger partial charge in [0.25, 0.3) is 0 Å². The number of imidazole rings is 1. The summed E-state index contributed by atoms with van der Waals surface area (Å²) in [5.74, 6) is 0.833. The SMILES string of the molecule is CC(O)CN(Cc1cnc(-c2ccccc2)[nH]1)C(C)CO. The van der Waals surface area contributed by atoms with E-state index < -0.39 is 6.10 Å². The Bertz CT molecular complexity index is 539. The molecule has 1 heterocycles. The number of aliphatic hydroxyl groups excluding tert-OH is 2. The standard InChI is InChI=1S/C16H23N3O2/c1-12(11-20)19(9-13(2)21)10-15-8-17-16(18-15)14-6-4-3-5-7-14/h3-8,12-13,20-21H,9-11H2,1-2H3,(H,17,18). The number of aromatic nitrogens is 2. The molecule has 2 unspecified atom stereocenters. The first-order valence-corrected chi connectivity index (χ1v) is 7.22. The minimum absolute atomic E-state index is 0.0110. The molecular weight excluding hydrogens is 266 g/mol. The lowest BCUT2D eigenvalue weighted by molar-refractivity contribution is 0.0712. The quantitative estimate of drug-likeness (QED) is 0.724. The van der Waals surface area contributed by atoms with Gasteiger partial charge in [-0.15, -0.1) is 0 Å². The fourth-order valence-corrected chi connectivity index (χ4v) is 2.26. The van der Waals surface area contributed by atoms with Gasteiger partial charge in [0.2, 0.25) is 0 Å². The smallest absolute Gasteiger partial charge is 0.137 e. The second-order valence-corrected chi connectivity index (χ2v) is 5.43. The molecule has 2 aromatic rings. The third-order valence-electron chi connectivity index (χ3n) is 3.44. The molecule has 3 N–H and O–H groups in total. The van der Waals surface area contributed by atoms with E-state index in [-0.39, 0.29) is 12.6 Å². The van der Waals surface area contributed by atoms with Gasteiger partial charge in [0.15, 0.2) is 0 Å². The van der Waals surface area contributed by atoms with Crippen LogP contribution >= 0.6 is 0 Å². The van der Waals surface area contributed by atoms with Crippen molar-refractivity contribution in [3.8, 4) is 11.4 Å². The predicted octanol–water partition coefficient (Wildman–Crippen LogP) is 1.64. The number of H-pyrrole nitrogens is 1. The molecule has 114 valence electrons. The summed E-state index contributed by atoms with van der Waals surface area (Å²) in [7, 11) is 0. The van der Waals surface area contributed by atoms with E-state index in [9.17, 15) is 10.2 Å². The van der Waals surface area contributed by atoms with Crippen molar-refractivity contribution < 1.29 is 10.2 Å². The molecule has 2 atom stereocenters. The average molecular weight is 289 g/mol. The maximum Gasteiger partial charge on any atom is 0.137 e. The molecule has 0 aliphatic heterocycles. The van der Waals surface area contributed by atoms with E-state index in [1.807, 2.05) is 48.4 Å². The second-order valence-electron chi connectivity index (χ2n) is 5.43. The number of hydrogen-bond donors (Lipinski definition) is 3. The zero-order chi connectivity index (χ0) is 15.2. The lowest BCUT2D eigenvalue weighted by Crippen LogP contribution is -2.39. The Kier molecular flexibility index (Phi) is 5.50. The van der Waals surface area contributed by atoms with Gasteiger partial charge in [0.1, 0.15) is 5.82 Å². The van der Waals surface area contributed by atoms with Crippen LogP contribution in [0.2, 0.25) is 0 Å². The average Bonchev–Trinajstić information content (AvgIpc) is 2.95. The van der Waals surface area contributed by atoms with Crippen molar-refractivity contribution in [2.24, 2.45) is 0 Å². The molecule has 0 aliphatic carbocycles. The van der Waals surface area contributed by atoms with Crippen LogP contribution in [0.25, 0.3) is 11.4 Å². The summed E-state index contributed by atoms with van der Waals surface area (Å²) in [5, 5.41) is 18.9. The minimum Gasteiger partial charge on any atom is -0.395 e. The maximum atomic E-state index is 9.58. The van der Waals surface area contributed by atoms with E-state index in [2.05, 4.69) is 9.97 Å². The number of benzene rings is 1.